The minimum absolute atomic E-state index is 0.0453. The van der Waals surface area contributed by atoms with Crippen molar-refractivity contribution in [2.45, 2.75) is 40.3 Å². The predicted octanol–water partition coefficient (Wildman–Crippen LogP) is 2.64. The van der Waals surface area contributed by atoms with Crippen molar-refractivity contribution in [3.05, 3.63) is 42.4 Å². The molecule has 0 unspecified atom stereocenters. The Balaban J connectivity index is 2.47. The molecule has 20 heavy (non-hydrogen) atoms. The van der Waals surface area contributed by atoms with E-state index in [0.29, 0.717) is 15.1 Å². The van der Waals surface area contributed by atoms with E-state index in [-0.39, 0.29) is 5.56 Å². The van der Waals surface area contributed by atoms with Gasteiger partial charge in [-0.3, -0.25) is 14.0 Å². The van der Waals surface area contributed by atoms with E-state index in [1.165, 1.54) is 0 Å². The Kier molecular flexibility index (Phi) is 4.85. The van der Waals surface area contributed by atoms with Crippen molar-refractivity contribution in [3.63, 3.8) is 0 Å². The molecule has 7 heteroatoms. The Morgan fingerprint density at radius 1 is 1.40 bits per heavy atom. The number of halogens is 2. The van der Waals surface area contributed by atoms with Crippen LogP contribution in [-0.2, 0) is 19.5 Å². The molecule has 0 aromatic carbocycles. The smallest absolute Gasteiger partial charge is 0.267 e. The highest BCUT2D eigenvalue weighted by molar-refractivity contribution is 14.1. The monoisotopic (exact) mass is 406 g/mol. The second-order valence-corrected chi connectivity index (χ2v) is 5.91. The molecular formula is C13H16ClIN4O. The van der Waals surface area contributed by atoms with Gasteiger partial charge in [0.1, 0.15) is 0 Å². The molecule has 2 heterocycles. The molecule has 0 amide bonds. The van der Waals surface area contributed by atoms with E-state index < -0.39 is 0 Å². The summed E-state index contributed by atoms with van der Waals surface area (Å²) in [5.41, 5.74) is 2.42. The van der Waals surface area contributed by atoms with Gasteiger partial charge in [0, 0.05) is 6.54 Å². The molecule has 0 spiro atoms. The standard InChI is InChI=1S/C13H16ClIN4O/c1-4-9-11(14)10(19(5-2)17-9)6-18-7-16-8(3)12(15)13(18)20/h7H,4-6H2,1-3H3. The van der Waals surface area contributed by atoms with Crippen LogP contribution in [0.4, 0.5) is 0 Å². The number of hydrogen-bond acceptors (Lipinski definition) is 3. The van der Waals surface area contributed by atoms with Crippen molar-refractivity contribution < 1.29 is 0 Å². The first-order chi connectivity index (χ1) is 9.49. The zero-order valence-electron chi connectivity index (χ0n) is 11.7. The SMILES string of the molecule is CCc1nn(CC)c(Cn2cnc(C)c(I)c2=O)c1Cl. The van der Waals surface area contributed by atoms with Gasteiger partial charge in [0.05, 0.1) is 38.5 Å². The molecule has 0 radical (unpaired) electrons. The van der Waals surface area contributed by atoms with E-state index in [2.05, 4.69) is 10.1 Å². The average molecular weight is 407 g/mol. The predicted molar refractivity (Wildman–Crippen MR) is 87.3 cm³/mol. The molecule has 0 bridgehead atoms. The van der Waals surface area contributed by atoms with Crippen LogP contribution < -0.4 is 5.56 Å². The zero-order chi connectivity index (χ0) is 14.9. The van der Waals surface area contributed by atoms with E-state index in [0.717, 1.165) is 30.0 Å². The van der Waals surface area contributed by atoms with Gasteiger partial charge in [0.2, 0.25) is 0 Å². The molecule has 0 aliphatic carbocycles. The summed E-state index contributed by atoms with van der Waals surface area (Å²) in [7, 11) is 0. The maximum atomic E-state index is 12.2. The van der Waals surface area contributed by atoms with E-state index in [9.17, 15) is 4.79 Å². The maximum Gasteiger partial charge on any atom is 0.267 e. The van der Waals surface area contributed by atoms with Crippen LogP contribution >= 0.6 is 34.2 Å². The fourth-order valence-electron chi connectivity index (χ4n) is 1.99. The van der Waals surface area contributed by atoms with Crippen molar-refractivity contribution in [1.29, 1.82) is 0 Å². The molecule has 0 fully saturated rings. The van der Waals surface area contributed by atoms with Crippen molar-refractivity contribution in [1.82, 2.24) is 19.3 Å². The first kappa shape index (κ1) is 15.5. The third kappa shape index (κ3) is 2.76. The second kappa shape index (κ2) is 6.26. The average Bonchev–Trinajstić information content (AvgIpc) is 2.75. The fourth-order valence-corrected chi connectivity index (χ4v) is 2.77. The maximum absolute atomic E-state index is 12.2. The van der Waals surface area contributed by atoms with E-state index in [1.54, 1.807) is 10.9 Å². The van der Waals surface area contributed by atoms with Crippen LogP contribution in [0, 0.1) is 10.5 Å². The first-order valence-electron chi connectivity index (χ1n) is 6.45. The lowest BCUT2D eigenvalue weighted by Crippen LogP contribution is -2.25. The van der Waals surface area contributed by atoms with Gasteiger partial charge in [-0.25, -0.2) is 4.98 Å². The van der Waals surface area contributed by atoms with Crippen molar-refractivity contribution in [2.24, 2.45) is 0 Å². The molecule has 108 valence electrons. The van der Waals surface area contributed by atoms with Crippen LogP contribution in [0.5, 0.6) is 0 Å². The van der Waals surface area contributed by atoms with Crippen LogP contribution in [0.25, 0.3) is 0 Å². The molecule has 5 nitrogen and oxygen atoms in total. The zero-order valence-corrected chi connectivity index (χ0v) is 14.6. The number of aromatic nitrogens is 4. The normalized spacial score (nSPS) is 11.1. The summed E-state index contributed by atoms with van der Waals surface area (Å²) >= 11 is 8.39. The summed E-state index contributed by atoms with van der Waals surface area (Å²) in [6, 6.07) is 0. The van der Waals surface area contributed by atoms with Crippen LogP contribution in [0.1, 0.15) is 30.9 Å². The number of nitrogens with zero attached hydrogens (tertiary/aromatic N) is 4. The Labute approximate surface area is 136 Å². The first-order valence-corrected chi connectivity index (χ1v) is 7.90. The van der Waals surface area contributed by atoms with Crippen LogP contribution in [0.3, 0.4) is 0 Å². The lowest BCUT2D eigenvalue weighted by Gasteiger charge is -2.09. The molecule has 0 N–H and O–H groups in total. The van der Waals surface area contributed by atoms with Crippen molar-refractivity contribution in [2.75, 3.05) is 0 Å². The lowest BCUT2D eigenvalue weighted by molar-refractivity contribution is 0.585. The molecule has 2 aromatic rings. The van der Waals surface area contributed by atoms with E-state index >= 15 is 0 Å². The summed E-state index contributed by atoms with van der Waals surface area (Å²) < 4.78 is 4.06. The fraction of sp³-hybridized carbons (Fsp3) is 0.462. The highest BCUT2D eigenvalue weighted by Crippen LogP contribution is 2.22. The van der Waals surface area contributed by atoms with E-state index in [4.69, 9.17) is 11.6 Å². The largest absolute Gasteiger partial charge is 0.292 e. The summed E-state index contributed by atoms with van der Waals surface area (Å²) in [5.74, 6) is 0. The molecule has 0 saturated heterocycles. The summed E-state index contributed by atoms with van der Waals surface area (Å²) in [6.45, 7) is 6.96. The van der Waals surface area contributed by atoms with Crippen molar-refractivity contribution in [3.8, 4) is 0 Å². The minimum atomic E-state index is -0.0453. The summed E-state index contributed by atoms with van der Waals surface area (Å²) in [5, 5.41) is 5.11. The second-order valence-electron chi connectivity index (χ2n) is 4.45. The topological polar surface area (TPSA) is 52.7 Å². The number of rotatable bonds is 4. The quantitative estimate of drug-likeness (QED) is 0.734. The van der Waals surface area contributed by atoms with Gasteiger partial charge in [0.25, 0.3) is 5.56 Å². The summed E-state index contributed by atoms with van der Waals surface area (Å²) in [4.78, 5) is 16.5. The lowest BCUT2D eigenvalue weighted by atomic mass is 10.3. The highest BCUT2D eigenvalue weighted by atomic mass is 127. The van der Waals surface area contributed by atoms with Crippen LogP contribution in [-0.4, -0.2) is 19.3 Å². The number of hydrogen-bond donors (Lipinski definition) is 0. The van der Waals surface area contributed by atoms with Crippen molar-refractivity contribution >= 4 is 34.2 Å². The van der Waals surface area contributed by atoms with E-state index in [1.807, 2.05) is 48.0 Å². The van der Waals surface area contributed by atoms with Gasteiger partial charge in [0.15, 0.2) is 0 Å². The van der Waals surface area contributed by atoms with Gasteiger partial charge >= 0.3 is 0 Å². The van der Waals surface area contributed by atoms with Gasteiger partial charge in [-0.2, -0.15) is 5.10 Å². The summed E-state index contributed by atoms with van der Waals surface area (Å²) in [6.07, 6.45) is 2.34. The van der Waals surface area contributed by atoms with Crippen LogP contribution in [0.2, 0.25) is 5.02 Å². The van der Waals surface area contributed by atoms with Gasteiger partial charge in [-0.05, 0) is 42.9 Å². The third-order valence-corrected chi connectivity index (χ3v) is 4.85. The minimum Gasteiger partial charge on any atom is -0.292 e. The molecule has 2 rings (SSSR count). The number of aryl methyl sites for hydroxylation is 3. The van der Waals surface area contributed by atoms with Gasteiger partial charge in [-0.1, -0.05) is 18.5 Å². The molecule has 0 aliphatic heterocycles. The Morgan fingerprint density at radius 2 is 2.10 bits per heavy atom. The van der Waals surface area contributed by atoms with Crippen LogP contribution in [0.15, 0.2) is 11.1 Å². The Morgan fingerprint density at radius 3 is 2.70 bits per heavy atom. The molecule has 2 aromatic heterocycles. The highest BCUT2D eigenvalue weighted by Gasteiger charge is 2.16. The van der Waals surface area contributed by atoms with Gasteiger partial charge in [-0.15, -0.1) is 0 Å². The van der Waals surface area contributed by atoms with Gasteiger partial charge < -0.3 is 0 Å². The Hall–Kier alpha value is -0.890. The molecule has 0 aliphatic rings. The molecule has 0 saturated carbocycles. The molecule has 0 atom stereocenters. The third-order valence-electron chi connectivity index (χ3n) is 3.17. The molecular weight excluding hydrogens is 391 g/mol. The Bertz CT molecular complexity index is 692.